The smallest absolute Gasteiger partial charge is 0.252 e. The molecule has 0 unspecified atom stereocenters. The maximum absolute atomic E-state index is 11.5. The summed E-state index contributed by atoms with van der Waals surface area (Å²) in [5.74, 6) is -0.0546. The molecule has 0 aliphatic rings. The minimum Gasteiger partial charge on any atom is -0.321 e. The van der Waals surface area contributed by atoms with Gasteiger partial charge < -0.3 is 4.98 Å². The molecule has 2 heterocycles. The predicted molar refractivity (Wildman–Crippen MR) is 57.2 cm³/mol. The molecule has 0 fully saturated rings. The molecule has 2 aromatic heterocycles. The summed E-state index contributed by atoms with van der Waals surface area (Å²) in [4.78, 5) is 25.6. The SMILES string of the molecule is CC(=O)c1c(C)c(=O)[nH]c2ccsc12. The number of fused-ring (bicyclic) bond motifs is 1. The second kappa shape index (κ2) is 3.06. The van der Waals surface area contributed by atoms with Crippen LogP contribution in [0.3, 0.4) is 0 Å². The number of hydrogen-bond donors (Lipinski definition) is 1. The number of nitrogens with one attached hydrogen (secondary N) is 1. The summed E-state index contributed by atoms with van der Waals surface area (Å²) in [7, 11) is 0. The summed E-state index contributed by atoms with van der Waals surface area (Å²) in [5.41, 5.74) is 1.63. The van der Waals surface area contributed by atoms with Gasteiger partial charge in [-0.2, -0.15) is 0 Å². The Bertz CT molecular complexity index is 565. The number of aromatic amines is 1. The molecular formula is C10H9NO2S. The molecule has 1 N–H and O–H groups in total. The Labute approximate surface area is 84.4 Å². The molecule has 2 aromatic rings. The zero-order chi connectivity index (χ0) is 10.3. The van der Waals surface area contributed by atoms with E-state index >= 15 is 0 Å². The first-order chi connectivity index (χ1) is 6.61. The van der Waals surface area contributed by atoms with E-state index in [1.165, 1.54) is 18.3 Å². The molecule has 0 bridgehead atoms. The van der Waals surface area contributed by atoms with Crippen LogP contribution in [0.25, 0.3) is 10.2 Å². The van der Waals surface area contributed by atoms with Crippen LogP contribution in [0.4, 0.5) is 0 Å². The largest absolute Gasteiger partial charge is 0.321 e. The number of thiophene rings is 1. The fourth-order valence-electron chi connectivity index (χ4n) is 1.53. The Morgan fingerprint density at radius 1 is 1.50 bits per heavy atom. The van der Waals surface area contributed by atoms with Crippen LogP contribution in [0, 0.1) is 6.92 Å². The lowest BCUT2D eigenvalue weighted by atomic mass is 10.1. The average molecular weight is 207 g/mol. The van der Waals surface area contributed by atoms with Gasteiger partial charge in [0.1, 0.15) is 0 Å². The highest BCUT2D eigenvalue weighted by Gasteiger charge is 2.13. The fraction of sp³-hybridized carbons (Fsp3) is 0.200. The van der Waals surface area contributed by atoms with Gasteiger partial charge in [-0.15, -0.1) is 11.3 Å². The highest BCUT2D eigenvalue weighted by molar-refractivity contribution is 7.17. The van der Waals surface area contributed by atoms with E-state index in [-0.39, 0.29) is 11.3 Å². The monoisotopic (exact) mass is 207 g/mol. The summed E-state index contributed by atoms with van der Waals surface area (Å²) in [5, 5.41) is 1.87. The zero-order valence-corrected chi connectivity index (χ0v) is 8.70. The van der Waals surface area contributed by atoms with E-state index in [0.717, 1.165) is 10.2 Å². The average Bonchev–Trinajstić information content (AvgIpc) is 2.52. The van der Waals surface area contributed by atoms with Crippen molar-refractivity contribution in [2.75, 3.05) is 0 Å². The predicted octanol–water partition coefficient (Wildman–Crippen LogP) is 2.10. The van der Waals surface area contributed by atoms with Crippen LogP contribution in [0.15, 0.2) is 16.2 Å². The van der Waals surface area contributed by atoms with Crippen LogP contribution < -0.4 is 5.56 Å². The molecule has 0 aliphatic heterocycles. The third-order valence-corrected chi connectivity index (χ3v) is 3.14. The van der Waals surface area contributed by atoms with E-state index in [1.807, 2.05) is 11.4 Å². The molecule has 0 saturated heterocycles. The van der Waals surface area contributed by atoms with Crippen molar-refractivity contribution in [2.24, 2.45) is 0 Å². The molecular weight excluding hydrogens is 198 g/mol. The van der Waals surface area contributed by atoms with Crippen molar-refractivity contribution >= 4 is 27.3 Å². The van der Waals surface area contributed by atoms with E-state index in [4.69, 9.17) is 0 Å². The van der Waals surface area contributed by atoms with Crippen LogP contribution in [0.5, 0.6) is 0 Å². The van der Waals surface area contributed by atoms with Gasteiger partial charge in [0.25, 0.3) is 5.56 Å². The van der Waals surface area contributed by atoms with E-state index in [9.17, 15) is 9.59 Å². The molecule has 14 heavy (non-hydrogen) atoms. The molecule has 0 spiro atoms. The lowest BCUT2D eigenvalue weighted by Crippen LogP contribution is -2.14. The van der Waals surface area contributed by atoms with Gasteiger partial charge in [0.2, 0.25) is 0 Å². The number of Topliss-reactive ketones (excluding diaryl/α,β-unsaturated/α-hetero) is 1. The molecule has 3 nitrogen and oxygen atoms in total. The minimum absolute atomic E-state index is 0.0546. The number of rotatable bonds is 1. The van der Waals surface area contributed by atoms with Gasteiger partial charge >= 0.3 is 0 Å². The lowest BCUT2D eigenvalue weighted by molar-refractivity contribution is 0.101. The standard InChI is InChI=1S/C10H9NO2S/c1-5-8(6(2)12)9-7(3-4-14-9)11-10(5)13/h3-4H,1-2H3,(H,11,13). The summed E-state index contributed by atoms with van der Waals surface area (Å²) in [6.45, 7) is 3.16. The van der Waals surface area contributed by atoms with Crippen LogP contribution in [0.2, 0.25) is 0 Å². The van der Waals surface area contributed by atoms with E-state index < -0.39 is 0 Å². The maximum Gasteiger partial charge on any atom is 0.252 e. The molecule has 72 valence electrons. The van der Waals surface area contributed by atoms with E-state index in [2.05, 4.69) is 4.98 Å². The second-order valence-electron chi connectivity index (χ2n) is 3.17. The molecule has 0 aromatic carbocycles. The van der Waals surface area contributed by atoms with Gasteiger partial charge in [-0.05, 0) is 25.3 Å². The summed E-state index contributed by atoms with van der Waals surface area (Å²) in [6.07, 6.45) is 0. The van der Waals surface area contributed by atoms with Gasteiger partial charge in [0.15, 0.2) is 5.78 Å². The Morgan fingerprint density at radius 2 is 2.21 bits per heavy atom. The quantitative estimate of drug-likeness (QED) is 0.728. The van der Waals surface area contributed by atoms with Crippen LogP contribution in [0.1, 0.15) is 22.8 Å². The molecule has 0 aliphatic carbocycles. The number of ketones is 1. The fourth-order valence-corrected chi connectivity index (χ4v) is 2.53. The molecule has 0 saturated carbocycles. The molecule has 0 radical (unpaired) electrons. The minimum atomic E-state index is -0.180. The number of hydrogen-bond acceptors (Lipinski definition) is 3. The number of pyridine rings is 1. The zero-order valence-electron chi connectivity index (χ0n) is 7.88. The summed E-state index contributed by atoms with van der Waals surface area (Å²) < 4.78 is 0.870. The van der Waals surface area contributed by atoms with Gasteiger partial charge in [-0.25, -0.2) is 0 Å². The first kappa shape index (κ1) is 9.15. The van der Waals surface area contributed by atoms with Gasteiger partial charge in [-0.1, -0.05) is 0 Å². The summed E-state index contributed by atoms with van der Waals surface area (Å²) >= 11 is 1.47. The first-order valence-corrected chi connectivity index (χ1v) is 5.10. The topological polar surface area (TPSA) is 49.9 Å². The molecule has 0 atom stereocenters. The highest BCUT2D eigenvalue weighted by Crippen LogP contribution is 2.23. The highest BCUT2D eigenvalue weighted by atomic mass is 32.1. The van der Waals surface area contributed by atoms with Gasteiger partial charge in [0, 0.05) is 11.1 Å². The number of aromatic nitrogens is 1. The Kier molecular flexibility index (Phi) is 2.00. The van der Waals surface area contributed by atoms with Crippen molar-refractivity contribution in [2.45, 2.75) is 13.8 Å². The van der Waals surface area contributed by atoms with Crippen LogP contribution in [-0.2, 0) is 0 Å². The van der Waals surface area contributed by atoms with E-state index in [0.29, 0.717) is 11.1 Å². The van der Waals surface area contributed by atoms with Crippen LogP contribution in [-0.4, -0.2) is 10.8 Å². The Balaban J connectivity index is 3.01. The Morgan fingerprint density at radius 3 is 2.86 bits per heavy atom. The first-order valence-electron chi connectivity index (χ1n) is 4.22. The molecule has 4 heteroatoms. The normalized spacial score (nSPS) is 10.7. The number of H-pyrrole nitrogens is 1. The lowest BCUT2D eigenvalue weighted by Gasteiger charge is -2.01. The van der Waals surface area contributed by atoms with Crippen molar-refractivity contribution in [3.05, 3.63) is 32.9 Å². The van der Waals surface area contributed by atoms with Crippen molar-refractivity contribution < 1.29 is 4.79 Å². The second-order valence-corrected chi connectivity index (χ2v) is 4.09. The molecule has 2 rings (SSSR count). The number of carbonyl (C=O) groups excluding carboxylic acids is 1. The van der Waals surface area contributed by atoms with Crippen molar-refractivity contribution in [1.82, 2.24) is 4.98 Å². The summed E-state index contributed by atoms with van der Waals surface area (Å²) in [6, 6.07) is 1.81. The van der Waals surface area contributed by atoms with Crippen LogP contribution >= 0.6 is 11.3 Å². The van der Waals surface area contributed by atoms with Gasteiger partial charge in [-0.3, -0.25) is 9.59 Å². The molecule has 0 amide bonds. The van der Waals surface area contributed by atoms with Crippen molar-refractivity contribution in [3.8, 4) is 0 Å². The maximum atomic E-state index is 11.5. The van der Waals surface area contributed by atoms with Gasteiger partial charge in [0.05, 0.1) is 10.2 Å². The third-order valence-electron chi connectivity index (χ3n) is 2.21. The number of carbonyl (C=O) groups is 1. The third kappa shape index (κ3) is 1.19. The van der Waals surface area contributed by atoms with Crippen molar-refractivity contribution in [3.63, 3.8) is 0 Å². The van der Waals surface area contributed by atoms with E-state index in [1.54, 1.807) is 6.92 Å². The van der Waals surface area contributed by atoms with Crippen molar-refractivity contribution in [1.29, 1.82) is 0 Å². The Hall–Kier alpha value is -1.42.